The lowest BCUT2D eigenvalue weighted by atomic mass is 10.2. The summed E-state index contributed by atoms with van der Waals surface area (Å²) in [5, 5.41) is 8.00. The van der Waals surface area contributed by atoms with Crippen molar-refractivity contribution >= 4 is 5.97 Å². The highest BCUT2D eigenvalue weighted by molar-refractivity contribution is 5.86. The van der Waals surface area contributed by atoms with E-state index in [9.17, 15) is 4.79 Å². The standard InChI is InChI=1S/C13H16N4O3/c1-3-20-13(18)12-16-15-11(17(12)8-9-19-2)10-4-6-14-7-5-10/h4-7H,3,8-9H2,1-2H3. The van der Waals surface area contributed by atoms with Crippen LogP contribution in [0.1, 0.15) is 17.5 Å². The third-order valence-corrected chi connectivity index (χ3v) is 2.67. The Morgan fingerprint density at radius 2 is 2.05 bits per heavy atom. The maximum Gasteiger partial charge on any atom is 0.376 e. The number of aromatic nitrogens is 4. The molecule has 2 aromatic rings. The zero-order chi connectivity index (χ0) is 14.4. The number of carbonyl (C=O) groups is 1. The topological polar surface area (TPSA) is 79.1 Å². The van der Waals surface area contributed by atoms with Gasteiger partial charge in [-0.05, 0) is 19.1 Å². The van der Waals surface area contributed by atoms with Gasteiger partial charge >= 0.3 is 5.97 Å². The minimum absolute atomic E-state index is 0.177. The van der Waals surface area contributed by atoms with Gasteiger partial charge in [-0.1, -0.05) is 0 Å². The van der Waals surface area contributed by atoms with Crippen molar-refractivity contribution in [3.05, 3.63) is 30.4 Å². The van der Waals surface area contributed by atoms with E-state index in [1.165, 1.54) is 0 Å². The van der Waals surface area contributed by atoms with Gasteiger partial charge in [-0.3, -0.25) is 9.55 Å². The lowest BCUT2D eigenvalue weighted by Crippen LogP contribution is -2.16. The third kappa shape index (κ3) is 3.00. The number of nitrogens with zero attached hydrogens (tertiary/aromatic N) is 4. The van der Waals surface area contributed by atoms with E-state index < -0.39 is 5.97 Å². The Morgan fingerprint density at radius 3 is 2.70 bits per heavy atom. The molecule has 106 valence electrons. The second kappa shape index (κ2) is 6.76. The average molecular weight is 276 g/mol. The molecule has 0 aliphatic heterocycles. The molecular formula is C13H16N4O3. The molecule has 0 atom stereocenters. The van der Waals surface area contributed by atoms with Gasteiger partial charge in [0.1, 0.15) is 0 Å². The van der Waals surface area contributed by atoms with Crippen molar-refractivity contribution in [2.75, 3.05) is 20.3 Å². The third-order valence-electron chi connectivity index (χ3n) is 2.67. The summed E-state index contributed by atoms with van der Waals surface area (Å²) in [7, 11) is 1.60. The molecule has 0 N–H and O–H groups in total. The van der Waals surface area contributed by atoms with Gasteiger partial charge in [0.25, 0.3) is 0 Å². The number of hydrogen-bond acceptors (Lipinski definition) is 6. The lowest BCUT2D eigenvalue weighted by molar-refractivity contribution is 0.0503. The zero-order valence-electron chi connectivity index (χ0n) is 11.4. The second-order valence-corrected chi connectivity index (χ2v) is 3.95. The summed E-state index contributed by atoms with van der Waals surface area (Å²) in [6.07, 6.45) is 3.32. The van der Waals surface area contributed by atoms with Crippen LogP contribution in [-0.4, -0.2) is 46.0 Å². The molecule has 7 nitrogen and oxygen atoms in total. The molecule has 2 heterocycles. The fraction of sp³-hybridized carbons (Fsp3) is 0.385. The highest BCUT2D eigenvalue weighted by Gasteiger charge is 2.20. The highest BCUT2D eigenvalue weighted by atomic mass is 16.5. The van der Waals surface area contributed by atoms with Crippen LogP contribution in [0.25, 0.3) is 11.4 Å². The van der Waals surface area contributed by atoms with E-state index in [2.05, 4.69) is 15.2 Å². The first kappa shape index (κ1) is 14.1. The van der Waals surface area contributed by atoms with Crippen LogP contribution in [0.4, 0.5) is 0 Å². The summed E-state index contributed by atoms with van der Waals surface area (Å²) in [5.41, 5.74) is 0.833. The largest absolute Gasteiger partial charge is 0.460 e. The average Bonchev–Trinajstić information content (AvgIpc) is 2.90. The van der Waals surface area contributed by atoms with Crippen molar-refractivity contribution < 1.29 is 14.3 Å². The molecule has 0 radical (unpaired) electrons. The van der Waals surface area contributed by atoms with E-state index in [0.29, 0.717) is 25.6 Å². The summed E-state index contributed by atoms with van der Waals surface area (Å²) in [6.45, 7) is 2.95. The summed E-state index contributed by atoms with van der Waals surface area (Å²) in [4.78, 5) is 15.8. The Bertz CT molecular complexity index is 568. The molecule has 2 aromatic heterocycles. The molecule has 0 fully saturated rings. The predicted molar refractivity (Wildman–Crippen MR) is 71.1 cm³/mol. The molecule has 0 saturated carbocycles. The van der Waals surface area contributed by atoms with Crippen LogP contribution in [0.15, 0.2) is 24.5 Å². The molecule has 7 heteroatoms. The molecular weight excluding hydrogens is 260 g/mol. The SMILES string of the molecule is CCOC(=O)c1nnc(-c2ccncc2)n1CCOC. The molecule has 0 spiro atoms. The zero-order valence-corrected chi connectivity index (χ0v) is 11.4. The minimum atomic E-state index is -0.489. The van der Waals surface area contributed by atoms with Gasteiger partial charge in [0, 0.05) is 31.6 Å². The maximum atomic E-state index is 11.9. The summed E-state index contributed by atoms with van der Waals surface area (Å²) < 4.78 is 11.7. The molecule has 0 aromatic carbocycles. The molecule has 0 saturated heterocycles. The Labute approximate surface area is 116 Å². The smallest absolute Gasteiger partial charge is 0.376 e. The van der Waals surface area contributed by atoms with Crippen molar-refractivity contribution in [1.82, 2.24) is 19.7 Å². The van der Waals surface area contributed by atoms with E-state index in [-0.39, 0.29) is 5.82 Å². The van der Waals surface area contributed by atoms with Gasteiger partial charge in [-0.25, -0.2) is 4.79 Å². The Hall–Kier alpha value is -2.28. The maximum absolute atomic E-state index is 11.9. The van der Waals surface area contributed by atoms with Crippen molar-refractivity contribution in [1.29, 1.82) is 0 Å². The van der Waals surface area contributed by atoms with Crippen LogP contribution >= 0.6 is 0 Å². The molecule has 0 amide bonds. The number of esters is 1. The van der Waals surface area contributed by atoms with E-state index in [0.717, 1.165) is 5.56 Å². The molecule has 20 heavy (non-hydrogen) atoms. The molecule has 0 aliphatic rings. The van der Waals surface area contributed by atoms with Crippen LogP contribution < -0.4 is 0 Å². The Balaban J connectivity index is 2.39. The van der Waals surface area contributed by atoms with Gasteiger partial charge < -0.3 is 9.47 Å². The predicted octanol–water partition coefficient (Wildman–Crippen LogP) is 1.16. The Morgan fingerprint density at radius 1 is 1.30 bits per heavy atom. The quantitative estimate of drug-likeness (QED) is 0.737. The summed E-state index contributed by atoms with van der Waals surface area (Å²) >= 11 is 0. The number of ether oxygens (including phenoxy) is 2. The first-order valence-corrected chi connectivity index (χ1v) is 6.27. The van der Waals surface area contributed by atoms with E-state index >= 15 is 0 Å². The minimum Gasteiger partial charge on any atom is -0.460 e. The van der Waals surface area contributed by atoms with E-state index in [4.69, 9.17) is 9.47 Å². The van der Waals surface area contributed by atoms with Crippen LogP contribution in [0, 0.1) is 0 Å². The molecule has 2 rings (SSSR count). The van der Waals surface area contributed by atoms with Gasteiger partial charge in [0.15, 0.2) is 5.82 Å². The number of methoxy groups -OCH3 is 1. The first-order valence-electron chi connectivity index (χ1n) is 6.27. The van der Waals surface area contributed by atoms with Gasteiger partial charge in [0.2, 0.25) is 5.82 Å². The number of hydrogen-bond donors (Lipinski definition) is 0. The van der Waals surface area contributed by atoms with Crippen LogP contribution in [0.2, 0.25) is 0 Å². The normalized spacial score (nSPS) is 10.5. The summed E-state index contributed by atoms with van der Waals surface area (Å²) in [5.74, 6) is 0.277. The van der Waals surface area contributed by atoms with Crippen molar-refractivity contribution in [2.24, 2.45) is 0 Å². The number of pyridine rings is 1. The van der Waals surface area contributed by atoms with Gasteiger partial charge in [-0.15, -0.1) is 10.2 Å². The fourth-order valence-electron chi connectivity index (χ4n) is 1.76. The Kier molecular flexibility index (Phi) is 4.78. The van der Waals surface area contributed by atoms with Crippen LogP contribution in [-0.2, 0) is 16.0 Å². The number of carbonyl (C=O) groups excluding carboxylic acids is 1. The van der Waals surface area contributed by atoms with Crippen LogP contribution in [0.3, 0.4) is 0 Å². The second-order valence-electron chi connectivity index (χ2n) is 3.95. The van der Waals surface area contributed by atoms with E-state index in [1.54, 1.807) is 31.0 Å². The van der Waals surface area contributed by atoms with Crippen molar-refractivity contribution in [2.45, 2.75) is 13.5 Å². The van der Waals surface area contributed by atoms with Gasteiger partial charge in [0.05, 0.1) is 13.2 Å². The lowest BCUT2D eigenvalue weighted by Gasteiger charge is -2.09. The highest BCUT2D eigenvalue weighted by Crippen LogP contribution is 2.17. The van der Waals surface area contributed by atoms with Crippen LogP contribution in [0.5, 0.6) is 0 Å². The van der Waals surface area contributed by atoms with E-state index in [1.807, 2.05) is 12.1 Å². The monoisotopic (exact) mass is 276 g/mol. The van der Waals surface area contributed by atoms with Crippen molar-refractivity contribution in [3.8, 4) is 11.4 Å². The molecule has 0 aliphatic carbocycles. The number of rotatable bonds is 6. The first-order chi connectivity index (χ1) is 9.77. The molecule has 0 unspecified atom stereocenters. The molecule has 0 bridgehead atoms. The summed E-state index contributed by atoms with van der Waals surface area (Å²) in [6, 6.07) is 3.62. The van der Waals surface area contributed by atoms with Crippen molar-refractivity contribution in [3.63, 3.8) is 0 Å². The fourth-order valence-corrected chi connectivity index (χ4v) is 1.76. The van der Waals surface area contributed by atoms with Gasteiger partial charge in [-0.2, -0.15) is 0 Å².